The minimum Gasteiger partial charge on any atom is -0.489 e. The van der Waals surface area contributed by atoms with Gasteiger partial charge in [-0.3, -0.25) is 4.79 Å². The number of H-pyrrole nitrogens is 1. The number of aromatic amines is 1. The number of aromatic carboxylic acids is 2. The molecule has 0 spiro atoms. The van der Waals surface area contributed by atoms with Crippen LogP contribution in [0.15, 0.2) is 53.3 Å². The van der Waals surface area contributed by atoms with E-state index in [0.717, 1.165) is 11.1 Å². The Morgan fingerprint density at radius 1 is 1.03 bits per heavy atom. The molecule has 0 unspecified atom stereocenters. The maximum absolute atomic E-state index is 12.1. The van der Waals surface area contributed by atoms with Gasteiger partial charge < -0.3 is 25.7 Å². The summed E-state index contributed by atoms with van der Waals surface area (Å²) >= 11 is 0. The smallest absolute Gasteiger partial charge is 0.342 e. The fraction of sp³-hybridized carbons (Fsp3) is 0.0952. The number of nitrogen functional groups attached to an aromatic ring is 1. The lowest BCUT2D eigenvalue weighted by atomic mass is 9.95. The number of benzene rings is 2. The van der Waals surface area contributed by atoms with Crippen molar-refractivity contribution in [1.29, 1.82) is 0 Å². The van der Waals surface area contributed by atoms with Gasteiger partial charge in [-0.05, 0) is 30.2 Å². The summed E-state index contributed by atoms with van der Waals surface area (Å²) in [5.41, 5.74) is 5.55. The summed E-state index contributed by atoms with van der Waals surface area (Å²) in [6.45, 7) is 2.31. The monoisotopic (exact) mass is 394 g/mol. The van der Waals surface area contributed by atoms with Crippen molar-refractivity contribution >= 4 is 17.8 Å². The van der Waals surface area contributed by atoms with E-state index in [1.54, 1.807) is 12.1 Å². The molecule has 1 heterocycles. The number of ether oxygens (including phenoxy) is 1. The molecule has 2 aromatic carbocycles. The molecule has 0 bridgehead atoms. The Morgan fingerprint density at radius 2 is 1.69 bits per heavy atom. The van der Waals surface area contributed by atoms with Crippen LogP contribution in [0, 0.1) is 6.92 Å². The highest BCUT2D eigenvalue weighted by Gasteiger charge is 2.26. The zero-order valence-corrected chi connectivity index (χ0v) is 15.4. The van der Waals surface area contributed by atoms with Gasteiger partial charge in [-0.1, -0.05) is 42.0 Å². The van der Waals surface area contributed by atoms with Crippen molar-refractivity contribution in [2.75, 3.05) is 5.73 Å². The van der Waals surface area contributed by atoms with Crippen molar-refractivity contribution in [1.82, 2.24) is 4.98 Å². The molecule has 0 aliphatic heterocycles. The highest BCUT2D eigenvalue weighted by Crippen LogP contribution is 2.30. The molecule has 0 aliphatic rings. The van der Waals surface area contributed by atoms with E-state index in [-0.39, 0.29) is 11.1 Å². The van der Waals surface area contributed by atoms with E-state index in [1.165, 1.54) is 12.1 Å². The summed E-state index contributed by atoms with van der Waals surface area (Å²) in [6.07, 6.45) is 0. The van der Waals surface area contributed by atoms with E-state index >= 15 is 0 Å². The summed E-state index contributed by atoms with van der Waals surface area (Å²) in [4.78, 5) is 37.4. The summed E-state index contributed by atoms with van der Waals surface area (Å²) in [7, 11) is 0. The predicted octanol–water partition coefficient (Wildman–Crippen LogP) is 2.91. The first kappa shape index (κ1) is 19.7. The van der Waals surface area contributed by atoms with E-state index in [0.29, 0.717) is 12.4 Å². The first-order valence-corrected chi connectivity index (χ1v) is 8.59. The van der Waals surface area contributed by atoms with Crippen LogP contribution >= 0.6 is 0 Å². The van der Waals surface area contributed by atoms with Crippen LogP contribution in [0.4, 0.5) is 5.82 Å². The summed E-state index contributed by atoms with van der Waals surface area (Å²) in [5.74, 6) is -2.91. The molecule has 29 heavy (non-hydrogen) atoms. The van der Waals surface area contributed by atoms with Crippen LogP contribution in [0.5, 0.6) is 5.75 Å². The molecule has 3 aromatic rings. The third-order valence-electron chi connectivity index (χ3n) is 4.30. The highest BCUT2D eigenvalue weighted by molar-refractivity contribution is 6.07. The molecule has 0 amide bonds. The lowest BCUT2D eigenvalue weighted by molar-refractivity contribution is 0.0695. The first-order chi connectivity index (χ1) is 13.8. The van der Waals surface area contributed by atoms with Gasteiger partial charge in [0.15, 0.2) is 0 Å². The van der Waals surface area contributed by atoms with Gasteiger partial charge in [0, 0.05) is 5.56 Å². The van der Waals surface area contributed by atoms with Crippen LogP contribution in [0.3, 0.4) is 0 Å². The molecule has 5 N–H and O–H groups in total. The SMILES string of the molecule is Cc1cccc(COc2ccc(-c3c(C(=O)O)c(N)[nH]c(=O)c3C(=O)O)cc2)c1. The van der Waals surface area contributed by atoms with Gasteiger partial charge in [0.1, 0.15) is 29.3 Å². The number of anilines is 1. The molecular weight excluding hydrogens is 376 g/mol. The molecule has 0 radical (unpaired) electrons. The largest absolute Gasteiger partial charge is 0.489 e. The fourth-order valence-corrected chi connectivity index (χ4v) is 3.02. The molecule has 8 nitrogen and oxygen atoms in total. The number of carboxylic acid groups (broad SMARTS) is 2. The average molecular weight is 394 g/mol. The second kappa shape index (κ2) is 7.89. The van der Waals surface area contributed by atoms with Crippen LogP contribution in [0.1, 0.15) is 31.8 Å². The van der Waals surface area contributed by atoms with Gasteiger partial charge in [-0.2, -0.15) is 0 Å². The molecule has 0 aliphatic carbocycles. The second-order valence-corrected chi connectivity index (χ2v) is 6.41. The number of nitrogens with one attached hydrogen (secondary N) is 1. The number of aryl methyl sites for hydroxylation is 1. The lowest BCUT2D eigenvalue weighted by Crippen LogP contribution is -2.24. The van der Waals surface area contributed by atoms with Gasteiger partial charge in [0.05, 0.1) is 0 Å². The molecule has 0 atom stereocenters. The Bertz CT molecular complexity index is 1150. The summed E-state index contributed by atoms with van der Waals surface area (Å²) in [5, 5.41) is 18.9. The second-order valence-electron chi connectivity index (χ2n) is 6.41. The number of carboxylic acids is 2. The molecule has 0 saturated heterocycles. The quantitative estimate of drug-likeness (QED) is 0.503. The number of rotatable bonds is 6. The topological polar surface area (TPSA) is 143 Å². The standard InChI is InChI=1S/C21H18N2O6/c1-11-3-2-4-12(9-11)10-29-14-7-5-13(6-8-14)15-16(20(25)26)18(22)23-19(24)17(15)21(27)28/h2-9H,10H2,1H3,(H,25,26)(H,27,28)(H3,22,23,24). The summed E-state index contributed by atoms with van der Waals surface area (Å²) in [6, 6.07) is 13.9. The van der Waals surface area contributed by atoms with Gasteiger partial charge >= 0.3 is 11.9 Å². The maximum atomic E-state index is 12.1. The van der Waals surface area contributed by atoms with Crippen molar-refractivity contribution in [3.63, 3.8) is 0 Å². The van der Waals surface area contributed by atoms with Crippen molar-refractivity contribution in [3.8, 4) is 16.9 Å². The van der Waals surface area contributed by atoms with E-state index in [4.69, 9.17) is 10.5 Å². The number of carbonyl (C=O) groups is 2. The van der Waals surface area contributed by atoms with Gasteiger partial charge in [0.25, 0.3) is 5.56 Å². The zero-order chi connectivity index (χ0) is 21.1. The Kier molecular flexibility index (Phi) is 5.36. The summed E-state index contributed by atoms with van der Waals surface area (Å²) < 4.78 is 5.72. The number of pyridine rings is 1. The zero-order valence-electron chi connectivity index (χ0n) is 15.4. The number of aromatic nitrogens is 1. The molecule has 1 aromatic heterocycles. The Balaban J connectivity index is 1.98. The van der Waals surface area contributed by atoms with E-state index in [1.807, 2.05) is 31.2 Å². The molecule has 3 rings (SSSR count). The van der Waals surface area contributed by atoms with E-state index < -0.39 is 34.4 Å². The van der Waals surface area contributed by atoms with Crippen molar-refractivity contribution < 1.29 is 24.5 Å². The molecular formula is C21H18N2O6. The third-order valence-corrected chi connectivity index (χ3v) is 4.30. The van der Waals surface area contributed by atoms with Crippen LogP contribution < -0.4 is 16.0 Å². The molecule has 8 heteroatoms. The first-order valence-electron chi connectivity index (χ1n) is 8.59. The molecule has 0 fully saturated rings. The van der Waals surface area contributed by atoms with Crippen molar-refractivity contribution in [2.45, 2.75) is 13.5 Å². The minimum absolute atomic E-state index is 0.223. The minimum atomic E-state index is -1.55. The fourth-order valence-electron chi connectivity index (χ4n) is 3.02. The Labute approximate surface area is 165 Å². The Hall–Kier alpha value is -4.07. The highest BCUT2D eigenvalue weighted by atomic mass is 16.5. The van der Waals surface area contributed by atoms with E-state index in [9.17, 15) is 24.6 Å². The average Bonchev–Trinajstić information content (AvgIpc) is 2.65. The maximum Gasteiger partial charge on any atom is 0.342 e. The lowest BCUT2D eigenvalue weighted by Gasteiger charge is -2.13. The predicted molar refractivity (Wildman–Crippen MR) is 106 cm³/mol. The number of hydrogen-bond acceptors (Lipinski definition) is 5. The third kappa shape index (κ3) is 4.11. The number of hydrogen-bond donors (Lipinski definition) is 4. The van der Waals surface area contributed by atoms with Crippen LogP contribution in [-0.4, -0.2) is 27.1 Å². The van der Waals surface area contributed by atoms with Crippen LogP contribution in [-0.2, 0) is 6.61 Å². The van der Waals surface area contributed by atoms with E-state index in [2.05, 4.69) is 4.98 Å². The molecule has 0 saturated carbocycles. The normalized spacial score (nSPS) is 10.5. The van der Waals surface area contributed by atoms with Crippen molar-refractivity contribution in [2.24, 2.45) is 0 Å². The van der Waals surface area contributed by atoms with Crippen LogP contribution in [0.2, 0.25) is 0 Å². The Morgan fingerprint density at radius 3 is 2.28 bits per heavy atom. The van der Waals surface area contributed by atoms with Gasteiger partial charge in [0.2, 0.25) is 0 Å². The van der Waals surface area contributed by atoms with Gasteiger partial charge in [-0.15, -0.1) is 0 Å². The van der Waals surface area contributed by atoms with Crippen LogP contribution in [0.25, 0.3) is 11.1 Å². The molecule has 148 valence electrons. The van der Waals surface area contributed by atoms with Crippen molar-refractivity contribution in [3.05, 3.63) is 81.1 Å². The van der Waals surface area contributed by atoms with Gasteiger partial charge in [-0.25, -0.2) is 9.59 Å². The number of nitrogens with two attached hydrogens (primary N) is 1.